The van der Waals surface area contributed by atoms with Crippen molar-refractivity contribution in [3.05, 3.63) is 53.3 Å². The van der Waals surface area contributed by atoms with Gasteiger partial charge in [0.2, 0.25) is 0 Å². The Morgan fingerprint density at radius 3 is 2.60 bits per heavy atom. The van der Waals surface area contributed by atoms with Crippen LogP contribution in [0.25, 0.3) is 0 Å². The Kier molecular flexibility index (Phi) is 4.84. The van der Waals surface area contributed by atoms with Gasteiger partial charge in [0.25, 0.3) is 0 Å². The molecule has 0 aliphatic heterocycles. The largest absolute Gasteiger partial charge is 0.397 e. The zero-order valence-electron chi connectivity index (χ0n) is 12.0. The SMILES string of the molecule is CCCCCc1c(N)cc(C#N)n1Cc1ccccc1. The average Bonchev–Trinajstić information content (AvgIpc) is 2.77. The number of hydrogen-bond donors (Lipinski definition) is 1. The second kappa shape index (κ2) is 6.81. The molecule has 3 heteroatoms. The predicted molar refractivity (Wildman–Crippen MR) is 82.3 cm³/mol. The van der Waals surface area contributed by atoms with Crippen molar-refractivity contribution in [3.63, 3.8) is 0 Å². The summed E-state index contributed by atoms with van der Waals surface area (Å²) in [5.74, 6) is 0. The third-order valence-electron chi connectivity index (χ3n) is 3.56. The highest BCUT2D eigenvalue weighted by Crippen LogP contribution is 2.22. The third-order valence-corrected chi connectivity index (χ3v) is 3.56. The van der Waals surface area contributed by atoms with Crippen LogP contribution in [-0.2, 0) is 13.0 Å². The molecule has 2 aromatic rings. The maximum Gasteiger partial charge on any atom is 0.122 e. The Bertz CT molecular complexity index is 591. The molecular formula is C17H21N3. The summed E-state index contributed by atoms with van der Waals surface area (Å²) in [7, 11) is 0. The van der Waals surface area contributed by atoms with Crippen molar-refractivity contribution in [2.45, 2.75) is 39.2 Å². The van der Waals surface area contributed by atoms with Crippen molar-refractivity contribution in [2.24, 2.45) is 0 Å². The van der Waals surface area contributed by atoms with E-state index >= 15 is 0 Å². The molecule has 20 heavy (non-hydrogen) atoms. The molecule has 1 aromatic heterocycles. The molecule has 0 unspecified atom stereocenters. The zero-order chi connectivity index (χ0) is 14.4. The van der Waals surface area contributed by atoms with Crippen molar-refractivity contribution >= 4 is 5.69 Å². The lowest BCUT2D eigenvalue weighted by Gasteiger charge is -2.11. The summed E-state index contributed by atoms with van der Waals surface area (Å²) in [4.78, 5) is 0. The van der Waals surface area contributed by atoms with Crippen molar-refractivity contribution in [2.75, 3.05) is 5.73 Å². The second-order valence-electron chi connectivity index (χ2n) is 5.07. The monoisotopic (exact) mass is 267 g/mol. The number of aromatic nitrogens is 1. The predicted octanol–water partition coefficient (Wildman–Crippen LogP) is 3.72. The van der Waals surface area contributed by atoms with Gasteiger partial charge in [-0.25, -0.2) is 0 Å². The van der Waals surface area contributed by atoms with Crippen LogP contribution >= 0.6 is 0 Å². The summed E-state index contributed by atoms with van der Waals surface area (Å²) >= 11 is 0. The van der Waals surface area contributed by atoms with Crippen molar-refractivity contribution in [1.82, 2.24) is 4.57 Å². The lowest BCUT2D eigenvalue weighted by Crippen LogP contribution is -2.08. The molecular weight excluding hydrogens is 246 g/mol. The van der Waals surface area contributed by atoms with Gasteiger partial charge in [0.1, 0.15) is 11.8 Å². The molecule has 0 amide bonds. The summed E-state index contributed by atoms with van der Waals surface area (Å²) < 4.78 is 2.06. The van der Waals surface area contributed by atoms with E-state index in [1.807, 2.05) is 18.2 Å². The first kappa shape index (κ1) is 14.2. The maximum absolute atomic E-state index is 9.28. The Morgan fingerprint density at radius 1 is 1.20 bits per heavy atom. The second-order valence-corrected chi connectivity index (χ2v) is 5.07. The van der Waals surface area contributed by atoms with Crippen molar-refractivity contribution in [3.8, 4) is 6.07 Å². The van der Waals surface area contributed by atoms with E-state index in [0.29, 0.717) is 12.2 Å². The molecule has 0 atom stereocenters. The van der Waals surface area contributed by atoms with Crippen LogP contribution in [0, 0.1) is 11.3 Å². The third kappa shape index (κ3) is 3.21. The van der Waals surface area contributed by atoms with Gasteiger partial charge < -0.3 is 10.3 Å². The molecule has 0 spiro atoms. The maximum atomic E-state index is 9.28. The number of nitrogens with two attached hydrogens (primary N) is 1. The van der Waals surface area contributed by atoms with Gasteiger partial charge >= 0.3 is 0 Å². The van der Waals surface area contributed by atoms with Crippen LogP contribution in [0.4, 0.5) is 5.69 Å². The quantitative estimate of drug-likeness (QED) is 0.811. The van der Waals surface area contributed by atoms with Crippen LogP contribution in [-0.4, -0.2) is 4.57 Å². The number of anilines is 1. The van der Waals surface area contributed by atoms with Gasteiger partial charge in [-0.05, 0) is 24.5 Å². The molecule has 0 saturated carbocycles. The molecule has 0 aliphatic carbocycles. The van der Waals surface area contributed by atoms with E-state index in [2.05, 4.69) is 29.7 Å². The highest BCUT2D eigenvalue weighted by atomic mass is 15.0. The Hall–Kier alpha value is -2.21. The number of hydrogen-bond acceptors (Lipinski definition) is 2. The fourth-order valence-electron chi connectivity index (χ4n) is 2.47. The number of unbranched alkanes of at least 4 members (excludes halogenated alkanes) is 2. The molecule has 0 saturated heterocycles. The first-order chi connectivity index (χ1) is 9.76. The Labute approximate surface area is 120 Å². The van der Waals surface area contributed by atoms with E-state index < -0.39 is 0 Å². The van der Waals surface area contributed by atoms with Crippen LogP contribution in [0.1, 0.15) is 43.1 Å². The summed E-state index contributed by atoms with van der Waals surface area (Å²) in [6, 6.07) is 14.2. The number of nitrogens with zero attached hydrogens (tertiary/aromatic N) is 2. The topological polar surface area (TPSA) is 54.7 Å². The number of benzene rings is 1. The van der Waals surface area contributed by atoms with Gasteiger partial charge in [-0.2, -0.15) is 5.26 Å². The Morgan fingerprint density at radius 2 is 1.95 bits per heavy atom. The molecule has 0 aliphatic rings. The van der Waals surface area contributed by atoms with Gasteiger partial charge in [-0.3, -0.25) is 0 Å². The normalized spacial score (nSPS) is 10.4. The lowest BCUT2D eigenvalue weighted by atomic mass is 10.1. The molecule has 2 N–H and O–H groups in total. The average molecular weight is 267 g/mol. The van der Waals surface area contributed by atoms with Gasteiger partial charge in [-0.15, -0.1) is 0 Å². The molecule has 3 nitrogen and oxygen atoms in total. The Balaban J connectivity index is 2.27. The summed E-state index contributed by atoms with van der Waals surface area (Å²) in [6.07, 6.45) is 4.43. The van der Waals surface area contributed by atoms with Crippen LogP contribution in [0.5, 0.6) is 0 Å². The summed E-state index contributed by atoms with van der Waals surface area (Å²) in [5.41, 5.74) is 9.76. The van der Waals surface area contributed by atoms with Crippen LogP contribution in [0.3, 0.4) is 0 Å². The van der Waals surface area contributed by atoms with E-state index in [9.17, 15) is 5.26 Å². The fraction of sp³-hybridized carbons (Fsp3) is 0.353. The summed E-state index contributed by atoms with van der Waals surface area (Å²) in [5, 5.41) is 9.28. The van der Waals surface area contributed by atoms with E-state index in [-0.39, 0.29) is 0 Å². The van der Waals surface area contributed by atoms with Crippen LogP contribution < -0.4 is 5.73 Å². The number of rotatable bonds is 6. The minimum absolute atomic E-state index is 0.651. The zero-order valence-corrected chi connectivity index (χ0v) is 12.0. The standard InChI is InChI=1S/C17H21N3/c1-2-3-5-10-17-16(19)11-15(12-18)20(17)13-14-8-6-4-7-9-14/h4,6-9,11H,2-3,5,10,13,19H2,1H3. The molecule has 0 bridgehead atoms. The van der Waals surface area contributed by atoms with E-state index in [0.717, 1.165) is 24.2 Å². The number of nitrogen functional groups attached to an aromatic ring is 1. The van der Waals surface area contributed by atoms with E-state index in [1.54, 1.807) is 6.07 Å². The lowest BCUT2D eigenvalue weighted by molar-refractivity contribution is 0.665. The molecule has 2 rings (SSSR count). The van der Waals surface area contributed by atoms with Crippen molar-refractivity contribution < 1.29 is 0 Å². The molecule has 1 aromatic carbocycles. The van der Waals surface area contributed by atoms with Gasteiger partial charge in [0, 0.05) is 12.2 Å². The van der Waals surface area contributed by atoms with Crippen LogP contribution in [0.2, 0.25) is 0 Å². The molecule has 0 radical (unpaired) electrons. The van der Waals surface area contributed by atoms with Gasteiger partial charge in [0.05, 0.1) is 5.69 Å². The van der Waals surface area contributed by atoms with E-state index in [4.69, 9.17) is 5.73 Å². The molecule has 1 heterocycles. The first-order valence-electron chi connectivity index (χ1n) is 7.18. The first-order valence-corrected chi connectivity index (χ1v) is 7.18. The molecule has 104 valence electrons. The number of nitriles is 1. The van der Waals surface area contributed by atoms with Crippen molar-refractivity contribution in [1.29, 1.82) is 5.26 Å². The van der Waals surface area contributed by atoms with Gasteiger partial charge in [-0.1, -0.05) is 50.1 Å². The fourth-order valence-corrected chi connectivity index (χ4v) is 2.47. The smallest absolute Gasteiger partial charge is 0.122 e. The summed E-state index contributed by atoms with van der Waals surface area (Å²) in [6.45, 7) is 2.90. The highest BCUT2D eigenvalue weighted by Gasteiger charge is 2.13. The minimum atomic E-state index is 0.651. The molecule has 0 fully saturated rings. The minimum Gasteiger partial charge on any atom is -0.397 e. The highest BCUT2D eigenvalue weighted by molar-refractivity contribution is 5.51. The van der Waals surface area contributed by atoms with Gasteiger partial charge in [0.15, 0.2) is 0 Å². The van der Waals surface area contributed by atoms with E-state index in [1.165, 1.54) is 18.4 Å². The van der Waals surface area contributed by atoms with Crippen LogP contribution in [0.15, 0.2) is 36.4 Å².